The van der Waals surface area contributed by atoms with Gasteiger partial charge in [-0.25, -0.2) is 9.37 Å². The summed E-state index contributed by atoms with van der Waals surface area (Å²) in [6.45, 7) is 0. The summed E-state index contributed by atoms with van der Waals surface area (Å²) in [6, 6.07) is 3.58. The lowest BCUT2D eigenvalue weighted by atomic mass is 9.61. The molecule has 6 heteroatoms. The van der Waals surface area contributed by atoms with E-state index in [0.29, 0.717) is 21.3 Å². The molecule has 5 rings (SSSR count). The van der Waals surface area contributed by atoms with Gasteiger partial charge < -0.3 is 15.3 Å². The maximum absolute atomic E-state index is 13.7. The third kappa shape index (κ3) is 2.14. The molecule has 0 bridgehead atoms. The van der Waals surface area contributed by atoms with Crippen LogP contribution >= 0.6 is 11.6 Å². The van der Waals surface area contributed by atoms with Crippen LogP contribution in [0.3, 0.4) is 0 Å². The van der Waals surface area contributed by atoms with Crippen LogP contribution in [0, 0.1) is 11.2 Å². The van der Waals surface area contributed by atoms with Crippen molar-refractivity contribution < 1.29 is 4.39 Å². The molecule has 2 aromatic heterocycles. The summed E-state index contributed by atoms with van der Waals surface area (Å²) in [4.78, 5) is 11.0. The monoisotopic (exact) mass is 344 g/mol. The van der Waals surface area contributed by atoms with E-state index < -0.39 is 0 Å². The maximum Gasteiger partial charge on any atom is 0.205 e. The number of aromatic nitrogens is 3. The lowest BCUT2D eigenvalue weighted by Crippen LogP contribution is -2.35. The molecule has 0 atom stereocenters. The third-order valence-electron chi connectivity index (χ3n) is 5.67. The van der Waals surface area contributed by atoms with Crippen LogP contribution in [0.15, 0.2) is 18.3 Å². The minimum atomic E-state index is -0.333. The average Bonchev–Trinajstić information content (AvgIpc) is 3.08. The molecule has 2 aliphatic rings. The zero-order valence-electron chi connectivity index (χ0n) is 13.2. The zero-order chi connectivity index (χ0) is 16.3. The topological polar surface area (TPSA) is 56.5 Å². The van der Waals surface area contributed by atoms with E-state index >= 15 is 0 Å². The summed E-state index contributed by atoms with van der Waals surface area (Å²) in [5, 5.41) is 4.08. The van der Waals surface area contributed by atoms with Crippen LogP contribution in [0.5, 0.6) is 0 Å². The van der Waals surface area contributed by atoms with Crippen molar-refractivity contribution in [2.45, 2.75) is 38.5 Å². The minimum Gasteiger partial charge on any atom is -0.358 e. The van der Waals surface area contributed by atoms with Crippen LogP contribution in [-0.2, 0) is 12.8 Å². The van der Waals surface area contributed by atoms with Crippen LogP contribution in [-0.4, -0.2) is 15.0 Å². The van der Waals surface area contributed by atoms with Crippen molar-refractivity contribution in [1.82, 2.24) is 15.0 Å². The molecule has 2 aliphatic carbocycles. The van der Waals surface area contributed by atoms with Crippen molar-refractivity contribution in [1.29, 1.82) is 0 Å². The van der Waals surface area contributed by atoms with Gasteiger partial charge in [-0.3, -0.25) is 0 Å². The predicted octanol–water partition coefficient (Wildman–Crippen LogP) is 5.09. The van der Waals surface area contributed by atoms with Gasteiger partial charge in [0.05, 0.1) is 21.6 Å². The highest BCUT2D eigenvalue weighted by atomic mass is 35.5. The molecule has 1 saturated carbocycles. The molecule has 1 aromatic carbocycles. The fraction of sp³-hybridized carbons (Fsp3) is 0.389. The molecule has 1 spiro atoms. The Morgan fingerprint density at radius 2 is 2.12 bits per heavy atom. The SMILES string of the molecule is Fc1c[nH]c2cc(Nc3nc4c([nH]3)CC3(CCC3)CC4)cc(Cl)c12. The summed E-state index contributed by atoms with van der Waals surface area (Å²) in [6.07, 6.45) is 8.79. The van der Waals surface area contributed by atoms with Gasteiger partial charge in [0, 0.05) is 17.6 Å². The second kappa shape index (κ2) is 4.99. The number of rotatable bonds is 2. The predicted molar refractivity (Wildman–Crippen MR) is 93.4 cm³/mol. The Balaban J connectivity index is 1.44. The first-order valence-corrected chi connectivity index (χ1v) is 8.81. The lowest BCUT2D eigenvalue weighted by molar-refractivity contribution is 0.109. The highest BCUT2D eigenvalue weighted by Gasteiger charge is 2.40. The molecule has 0 saturated heterocycles. The van der Waals surface area contributed by atoms with Crippen LogP contribution in [0.1, 0.15) is 37.1 Å². The van der Waals surface area contributed by atoms with E-state index in [9.17, 15) is 4.39 Å². The van der Waals surface area contributed by atoms with Crippen LogP contribution < -0.4 is 5.32 Å². The summed E-state index contributed by atoms with van der Waals surface area (Å²) >= 11 is 6.21. The Bertz CT molecular complexity index is 938. The van der Waals surface area contributed by atoms with E-state index in [-0.39, 0.29) is 5.82 Å². The first-order valence-electron chi connectivity index (χ1n) is 8.43. The van der Waals surface area contributed by atoms with Gasteiger partial charge in [-0.1, -0.05) is 18.0 Å². The zero-order valence-corrected chi connectivity index (χ0v) is 13.9. The second-order valence-electron chi connectivity index (χ2n) is 7.18. The number of aryl methyl sites for hydroxylation is 1. The molecule has 0 amide bonds. The van der Waals surface area contributed by atoms with Crippen molar-refractivity contribution in [3.05, 3.63) is 40.6 Å². The Labute approximate surface area is 143 Å². The number of imidazole rings is 1. The average molecular weight is 345 g/mol. The number of nitrogens with one attached hydrogen (secondary N) is 3. The van der Waals surface area contributed by atoms with E-state index in [1.807, 2.05) is 6.07 Å². The van der Waals surface area contributed by atoms with E-state index in [4.69, 9.17) is 16.6 Å². The van der Waals surface area contributed by atoms with Crippen molar-refractivity contribution in [2.24, 2.45) is 5.41 Å². The van der Waals surface area contributed by atoms with Crippen molar-refractivity contribution >= 4 is 34.1 Å². The summed E-state index contributed by atoms with van der Waals surface area (Å²) < 4.78 is 13.7. The Kier molecular flexibility index (Phi) is 2.98. The molecule has 124 valence electrons. The first kappa shape index (κ1) is 14.3. The van der Waals surface area contributed by atoms with E-state index in [1.54, 1.807) is 6.07 Å². The molecular formula is C18H18ClFN4. The second-order valence-corrected chi connectivity index (χ2v) is 7.59. The van der Waals surface area contributed by atoms with Gasteiger partial charge in [0.1, 0.15) is 5.82 Å². The normalized spacial score (nSPS) is 18.6. The van der Waals surface area contributed by atoms with Crippen LogP contribution in [0.25, 0.3) is 10.9 Å². The van der Waals surface area contributed by atoms with Crippen molar-refractivity contribution in [3.63, 3.8) is 0 Å². The smallest absolute Gasteiger partial charge is 0.205 e. The standard InChI is InChI=1S/C18H18ClFN4/c19-11-6-10(7-14-16(11)12(20)9-21-14)22-17-23-13-2-5-18(3-1-4-18)8-15(13)24-17/h6-7,9,21H,1-5,8H2,(H2,22,23,24). The quantitative estimate of drug-likeness (QED) is 0.606. The van der Waals surface area contributed by atoms with Gasteiger partial charge >= 0.3 is 0 Å². The first-order chi connectivity index (χ1) is 11.6. The number of anilines is 2. The van der Waals surface area contributed by atoms with E-state index in [2.05, 4.69) is 15.3 Å². The lowest BCUT2D eigenvalue weighted by Gasteiger charge is -2.44. The molecule has 4 nitrogen and oxygen atoms in total. The molecule has 2 heterocycles. The molecule has 1 fully saturated rings. The largest absolute Gasteiger partial charge is 0.358 e. The minimum absolute atomic E-state index is 0.333. The molecule has 0 unspecified atom stereocenters. The number of nitrogens with zero attached hydrogens (tertiary/aromatic N) is 1. The summed E-state index contributed by atoms with van der Waals surface area (Å²) in [5.74, 6) is 0.402. The number of aromatic amines is 2. The maximum atomic E-state index is 13.7. The third-order valence-corrected chi connectivity index (χ3v) is 5.97. The van der Waals surface area contributed by atoms with Gasteiger partial charge in [0.2, 0.25) is 5.95 Å². The molecular weight excluding hydrogens is 327 g/mol. The Hall–Kier alpha value is -2.01. The van der Waals surface area contributed by atoms with Gasteiger partial charge in [-0.15, -0.1) is 0 Å². The molecule has 0 radical (unpaired) electrons. The number of fused-ring (bicyclic) bond motifs is 2. The van der Waals surface area contributed by atoms with E-state index in [0.717, 1.165) is 24.5 Å². The van der Waals surface area contributed by atoms with Gasteiger partial charge in [0.25, 0.3) is 0 Å². The fourth-order valence-corrected chi connectivity index (χ4v) is 4.50. The summed E-state index contributed by atoms with van der Waals surface area (Å²) in [7, 11) is 0. The van der Waals surface area contributed by atoms with Crippen molar-refractivity contribution in [3.8, 4) is 0 Å². The Morgan fingerprint density at radius 1 is 1.25 bits per heavy atom. The number of halogens is 2. The molecule has 24 heavy (non-hydrogen) atoms. The number of H-pyrrole nitrogens is 2. The Morgan fingerprint density at radius 3 is 2.92 bits per heavy atom. The number of hydrogen-bond donors (Lipinski definition) is 3. The fourth-order valence-electron chi connectivity index (χ4n) is 4.19. The van der Waals surface area contributed by atoms with Gasteiger partial charge in [-0.05, 0) is 49.7 Å². The molecule has 3 N–H and O–H groups in total. The number of benzene rings is 1. The van der Waals surface area contributed by atoms with Gasteiger partial charge in [-0.2, -0.15) is 0 Å². The number of hydrogen-bond acceptors (Lipinski definition) is 2. The molecule has 0 aliphatic heterocycles. The van der Waals surface area contributed by atoms with E-state index in [1.165, 1.54) is 43.3 Å². The highest BCUT2D eigenvalue weighted by molar-refractivity contribution is 6.35. The molecule has 3 aromatic rings. The highest BCUT2D eigenvalue weighted by Crippen LogP contribution is 2.50. The van der Waals surface area contributed by atoms with Gasteiger partial charge in [0.15, 0.2) is 0 Å². The van der Waals surface area contributed by atoms with Crippen LogP contribution in [0.2, 0.25) is 5.02 Å². The summed E-state index contributed by atoms with van der Waals surface area (Å²) in [5.41, 5.74) is 4.43. The van der Waals surface area contributed by atoms with Crippen LogP contribution in [0.4, 0.5) is 16.0 Å². The van der Waals surface area contributed by atoms with Crippen molar-refractivity contribution in [2.75, 3.05) is 5.32 Å².